The van der Waals surface area contributed by atoms with Gasteiger partial charge in [-0.3, -0.25) is 9.71 Å². The number of halogens is 1. The third kappa shape index (κ3) is 4.11. The predicted octanol–water partition coefficient (Wildman–Crippen LogP) is 4.79. The van der Waals surface area contributed by atoms with Gasteiger partial charge in [0.2, 0.25) is 10.0 Å². The summed E-state index contributed by atoms with van der Waals surface area (Å²) in [5, 5.41) is 0.719. The van der Waals surface area contributed by atoms with Crippen LogP contribution in [0.5, 0.6) is 0 Å². The normalized spacial score (nSPS) is 14.9. The van der Waals surface area contributed by atoms with E-state index in [1.807, 2.05) is 42.5 Å². The van der Waals surface area contributed by atoms with E-state index in [0.717, 1.165) is 46.5 Å². The fourth-order valence-electron chi connectivity index (χ4n) is 3.53. The SMILES string of the molecule is CS(=O)(=O)Nc1cccc(/C=C2/c3ccc(Cl)cc3CCc3cccnc32)c1. The van der Waals surface area contributed by atoms with Crippen LogP contribution in [-0.2, 0) is 22.9 Å². The van der Waals surface area contributed by atoms with E-state index in [1.165, 1.54) is 11.1 Å². The molecule has 0 amide bonds. The Morgan fingerprint density at radius 3 is 2.68 bits per heavy atom. The Bertz CT molecular complexity index is 1190. The summed E-state index contributed by atoms with van der Waals surface area (Å²) in [7, 11) is -3.33. The first-order valence-electron chi connectivity index (χ1n) is 8.92. The summed E-state index contributed by atoms with van der Waals surface area (Å²) in [6.07, 6.45) is 6.78. The number of aryl methyl sites for hydroxylation is 2. The maximum Gasteiger partial charge on any atom is 0.229 e. The van der Waals surface area contributed by atoms with Crippen molar-refractivity contribution in [2.75, 3.05) is 11.0 Å². The number of anilines is 1. The molecule has 28 heavy (non-hydrogen) atoms. The Morgan fingerprint density at radius 2 is 1.86 bits per heavy atom. The summed E-state index contributed by atoms with van der Waals surface area (Å²) in [6.45, 7) is 0. The van der Waals surface area contributed by atoms with E-state index in [-0.39, 0.29) is 0 Å². The molecule has 1 aromatic heterocycles. The van der Waals surface area contributed by atoms with E-state index in [9.17, 15) is 8.42 Å². The summed E-state index contributed by atoms with van der Waals surface area (Å²) < 4.78 is 25.6. The van der Waals surface area contributed by atoms with Gasteiger partial charge in [0.25, 0.3) is 0 Å². The Balaban J connectivity index is 1.88. The average Bonchev–Trinajstić information content (AvgIpc) is 2.78. The second-order valence-corrected chi connectivity index (χ2v) is 9.06. The number of pyridine rings is 1. The maximum atomic E-state index is 11.6. The van der Waals surface area contributed by atoms with Crippen LogP contribution < -0.4 is 4.72 Å². The van der Waals surface area contributed by atoms with E-state index in [1.54, 1.807) is 12.3 Å². The number of hydrogen-bond acceptors (Lipinski definition) is 3. The molecule has 0 bridgehead atoms. The van der Waals surface area contributed by atoms with Crippen molar-refractivity contribution in [3.05, 3.63) is 93.8 Å². The van der Waals surface area contributed by atoms with Crippen LogP contribution in [0.1, 0.15) is 27.9 Å². The Labute approximate surface area is 170 Å². The van der Waals surface area contributed by atoms with Crippen molar-refractivity contribution in [1.29, 1.82) is 0 Å². The molecular formula is C22H19ClN2O2S. The van der Waals surface area contributed by atoms with Gasteiger partial charge in [0, 0.05) is 22.5 Å². The van der Waals surface area contributed by atoms with Crippen LogP contribution in [0.4, 0.5) is 5.69 Å². The second-order valence-electron chi connectivity index (χ2n) is 6.87. The number of nitrogens with one attached hydrogen (secondary N) is 1. The van der Waals surface area contributed by atoms with Crippen LogP contribution in [0, 0.1) is 0 Å². The van der Waals surface area contributed by atoms with E-state index in [4.69, 9.17) is 11.6 Å². The molecule has 4 rings (SSSR count). The smallest absolute Gasteiger partial charge is 0.229 e. The van der Waals surface area contributed by atoms with Crippen LogP contribution in [0.15, 0.2) is 60.8 Å². The topological polar surface area (TPSA) is 59.1 Å². The number of benzene rings is 2. The van der Waals surface area contributed by atoms with Gasteiger partial charge in [-0.05, 0) is 71.5 Å². The first-order chi connectivity index (χ1) is 13.4. The molecule has 0 fully saturated rings. The zero-order valence-corrected chi connectivity index (χ0v) is 16.9. The van der Waals surface area contributed by atoms with Gasteiger partial charge >= 0.3 is 0 Å². The molecule has 0 saturated carbocycles. The quantitative estimate of drug-likeness (QED) is 0.675. The lowest BCUT2D eigenvalue weighted by molar-refractivity contribution is 0.607. The third-order valence-corrected chi connectivity index (χ3v) is 5.51. The highest BCUT2D eigenvalue weighted by molar-refractivity contribution is 7.92. The number of hydrogen-bond donors (Lipinski definition) is 1. The largest absolute Gasteiger partial charge is 0.284 e. The number of rotatable bonds is 3. The van der Waals surface area contributed by atoms with Gasteiger partial charge in [-0.25, -0.2) is 8.42 Å². The van der Waals surface area contributed by atoms with Crippen molar-refractivity contribution in [2.45, 2.75) is 12.8 Å². The first-order valence-corrected chi connectivity index (χ1v) is 11.2. The molecule has 4 nitrogen and oxygen atoms in total. The molecule has 6 heteroatoms. The van der Waals surface area contributed by atoms with Gasteiger partial charge in [0.15, 0.2) is 0 Å². The molecule has 0 saturated heterocycles. The van der Waals surface area contributed by atoms with Crippen molar-refractivity contribution in [3.8, 4) is 0 Å². The highest BCUT2D eigenvalue weighted by Gasteiger charge is 2.19. The zero-order valence-electron chi connectivity index (χ0n) is 15.3. The fraction of sp³-hybridized carbons (Fsp3) is 0.136. The minimum Gasteiger partial charge on any atom is -0.284 e. The fourth-order valence-corrected chi connectivity index (χ4v) is 4.28. The molecule has 1 heterocycles. The molecule has 3 aromatic rings. The first kappa shape index (κ1) is 18.7. The lowest BCUT2D eigenvalue weighted by atomic mass is 9.95. The second kappa shape index (κ2) is 7.41. The van der Waals surface area contributed by atoms with E-state index < -0.39 is 10.0 Å². The van der Waals surface area contributed by atoms with Gasteiger partial charge in [0.1, 0.15) is 0 Å². The van der Waals surface area contributed by atoms with E-state index in [2.05, 4.69) is 21.8 Å². The van der Waals surface area contributed by atoms with Crippen molar-refractivity contribution in [1.82, 2.24) is 4.98 Å². The Hall–Kier alpha value is -2.63. The summed E-state index contributed by atoms with van der Waals surface area (Å²) in [5.74, 6) is 0. The Kier molecular flexibility index (Phi) is 4.96. The molecule has 0 unspecified atom stereocenters. The van der Waals surface area contributed by atoms with Crippen molar-refractivity contribution in [2.24, 2.45) is 0 Å². The maximum absolute atomic E-state index is 11.6. The minimum absolute atomic E-state index is 0.531. The van der Waals surface area contributed by atoms with Crippen LogP contribution in [0.25, 0.3) is 11.6 Å². The number of fused-ring (bicyclic) bond motifs is 2. The molecule has 0 radical (unpaired) electrons. The van der Waals surface area contributed by atoms with Gasteiger partial charge in [-0.15, -0.1) is 0 Å². The number of sulfonamides is 1. The monoisotopic (exact) mass is 410 g/mol. The average molecular weight is 411 g/mol. The van der Waals surface area contributed by atoms with E-state index >= 15 is 0 Å². The molecular weight excluding hydrogens is 392 g/mol. The van der Waals surface area contributed by atoms with Gasteiger partial charge in [0.05, 0.1) is 11.9 Å². The zero-order chi connectivity index (χ0) is 19.7. The highest BCUT2D eigenvalue weighted by atomic mass is 35.5. The molecule has 142 valence electrons. The van der Waals surface area contributed by atoms with E-state index in [0.29, 0.717) is 5.69 Å². The van der Waals surface area contributed by atoms with Crippen molar-refractivity contribution < 1.29 is 8.42 Å². The van der Waals surface area contributed by atoms with Gasteiger partial charge < -0.3 is 0 Å². The molecule has 1 N–H and O–H groups in total. The number of aromatic nitrogens is 1. The lowest BCUT2D eigenvalue weighted by Crippen LogP contribution is -2.09. The highest BCUT2D eigenvalue weighted by Crippen LogP contribution is 2.35. The lowest BCUT2D eigenvalue weighted by Gasteiger charge is -2.12. The standard InChI is InChI=1S/C22H19ClN2O2S/c1-28(26,27)25-19-6-2-4-15(12-19)13-21-20-10-9-18(23)14-17(20)8-7-16-5-3-11-24-22(16)21/h2-6,9-14,25H,7-8H2,1H3/b21-13-. The molecule has 0 aliphatic heterocycles. The Morgan fingerprint density at radius 1 is 1.04 bits per heavy atom. The van der Waals surface area contributed by atoms with Crippen molar-refractivity contribution >= 4 is 39.0 Å². The third-order valence-electron chi connectivity index (χ3n) is 4.67. The molecule has 2 aromatic carbocycles. The minimum atomic E-state index is -3.33. The molecule has 1 aliphatic carbocycles. The van der Waals surface area contributed by atoms with Crippen LogP contribution in [-0.4, -0.2) is 19.7 Å². The summed E-state index contributed by atoms with van der Waals surface area (Å²) in [6, 6.07) is 17.3. The summed E-state index contributed by atoms with van der Waals surface area (Å²) in [4.78, 5) is 4.65. The number of nitrogens with zero attached hydrogens (tertiary/aromatic N) is 1. The van der Waals surface area contributed by atoms with Crippen molar-refractivity contribution in [3.63, 3.8) is 0 Å². The molecule has 0 spiro atoms. The molecule has 0 atom stereocenters. The summed E-state index contributed by atoms with van der Waals surface area (Å²) >= 11 is 6.23. The molecule has 1 aliphatic rings. The van der Waals surface area contributed by atoms with Crippen LogP contribution in [0.3, 0.4) is 0 Å². The van der Waals surface area contributed by atoms with Crippen LogP contribution in [0.2, 0.25) is 5.02 Å². The predicted molar refractivity (Wildman–Crippen MR) is 115 cm³/mol. The summed E-state index contributed by atoms with van der Waals surface area (Å²) in [5.41, 5.74) is 6.85. The van der Waals surface area contributed by atoms with Gasteiger partial charge in [-0.1, -0.05) is 35.9 Å². The van der Waals surface area contributed by atoms with Gasteiger partial charge in [-0.2, -0.15) is 0 Å². The van der Waals surface area contributed by atoms with Crippen LogP contribution >= 0.6 is 11.6 Å².